The van der Waals surface area contributed by atoms with Crippen molar-refractivity contribution in [2.45, 2.75) is 25.7 Å². The summed E-state index contributed by atoms with van der Waals surface area (Å²) in [5.41, 5.74) is 1.48. The average Bonchev–Trinajstić information content (AvgIpc) is 2.90. The van der Waals surface area contributed by atoms with Gasteiger partial charge < -0.3 is 0 Å². The van der Waals surface area contributed by atoms with Gasteiger partial charge in [-0.25, -0.2) is 0 Å². The zero-order valence-corrected chi connectivity index (χ0v) is 16.5. The highest BCUT2D eigenvalue weighted by atomic mass is 32.2. The Balaban J connectivity index is 1.79. The molecule has 0 aromatic heterocycles. The van der Waals surface area contributed by atoms with E-state index in [9.17, 15) is 18.0 Å². The quantitative estimate of drug-likeness (QED) is 0.437. The van der Waals surface area contributed by atoms with Gasteiger partial charge >= 0.3 is 10.1 Å². The molecule has 0 N–H and O–H groups in total. The number of carbonyl (C=O) groups excluding carboxylic acids is 2. The SMILES string of the molecule is CC(=NOS(=O)(=O)c1ccc(N2C(=O)C(C)C(C)C2=O)cc1)c1ccccc1. The van der Waals surface area contributed by atoms with Gasteiger partial charge in [0, 0.05) is 11.8 Å². The van der Waals surface area contributed by atoms with E-state index >= 15 is 0 Å². The number of amides is 2. The van der Waals surface area contributed by atoms with Gasteiger partial charge in [0.25, 0.3) is 0 Å². The fourth-order valence-electron chi connectivity index (χ4n) is 2.84. The van der Waals surface area contributed by atoms with Crippen LogP contribution in [0.4, 0.5) is 5.69 Å². The van der Waals surface area contributed by atoms with Crippen LogP contribution in [0.2, 0.25) is 0 Å². The number of carbonyl (C=O) groups is 2. The minimum Gasteiger partial charge on any atom is -0.274 e. The standard InChI is InChI=1S/C20H20N2O5S/c1-13-14(2)20(24)22(19(13)23)17-9-11-18(12-10-17)28(25,26)27-21-15(3)16-7-5-4-6-8-16/h4-14H,1-3H3. The molecular formula is C20H20N2O5S. The highest BCUT2D eigenvalue weighted by Crippen LogP contribution is 2.31. The lowest BCUT2D eigenvalue weighted by Gasteiger charge is -2.14. The highest BCUT2D eigenvalue weighted by Gasteiger charge is 2.43. The minimum absolute atomic E-state index is 0.124. The Morgan fingerprint density at radius 1 is 0.929 bits per heavy atom. The van der Waals surface area contributed by atoms with Gasteiger partial charge in [-0.1, -0.05) is 49.3 Å². The molecule has 2 unspecified atom stereocenters. The smallest absolute Gasteiger partial charge is 0.274 e. The van der Waals surface area contributed by atoms with Gasteiger partial charge in [-0.15, -0.1) is 0 Å². The molecule has 0 saturated carbocycles. The molecule has 0 bridgehead atoms. The Kier molecular flexibility index (Phi) is 5.33. The summed E-state index contributed by atoms with van der Waals surface area (Å²) in [5.74, 6) is -1.41. The van der Waals surface area contributed by atoms with Crippen LogP contribution in [0.15, 0.2) is 64.6 Å². The maximum absolute atomic E-state index is 12.4. The summed E-state index contributed by atoms with van der Waals surface area (Å²) in [4.78, 5) is 25.5. The first-order valence-electron chi connectivity index (χ1n) is 8.74. The lowest BCUT2D eigenvalue weighted by atomic mass is 10.00. The second kappa shape index (κ2) is 7.55. The second-order valence-electron chi connectivity index (χ2n) is 6.65. The van der Waals surface area contributed by atoms with E-state index in [1.165, 1.54) is 24.3 Å². The summed E-state index contributed by atoms with van der Waals surface area (Å²) in [5, 5.41) is 3.70. The third-order valence-electron chi connectivity index (χ3n) is 4.82. The van der Waals surface area contributed by atoms with E-state index in [1.807, 2.05) is 18.2 Å². The monoisotopic (exact) mass is 400 g/mol. The zero-order chi connectivity index (χ0) is 20.5. The lowest BCUT2D eigenvalue weighted by Crippen LogP contribution is -2.30. The van der Waals surface area contributed by atoms with Crippen LogP contribution in [0.1, 0.15) is 26.3 Å². The molecule has 0 aliphatic carbocycles. The number of anilines is 1. The zero-order valence-electron chi connectivity index (χ0n) is 15.7. The van der Waals surface area contributed by atoms with Crippen molar-refractivity contribution in [3.63, 3.8) is 0 Å². The molecule has 0 radical (unpaired) electrons. The average molecular weight is 400 g/mol. The number of hydrogen-bond donors (Lipinski definition) is 0. The molecule has 1 fully saturated rings. The Morgan fingerprint density at radius 2 is 1.46 bits per heavy atom. The molecule has 8 heteroatoms. The molecule has 1 saturated heterocycles. The van der Waals surface area contributed by atoms with E-state index in [1.54, 1.807) is 32.9 Å². The first-order valence-corrected chi connectivity index (χ1v) is 10.1. The molecule has 0 spiro atoms. The van der Waals surface area contributed by atoms with Crippen molar-refractivity contribution in [1.82, 2.24) is 0 Å². The van der Waals surface area contributed by atoms with E-state index in [0.29, 0.717) is 11.4 Å². The number of rotatable bonds is 5. The third kappa shape index (κ3) is 3.68. The van der Waals surface area contributed by atoms with Crippen molar-refractivity contribution >= 4 is 33.3 Å². The molecule has 2 atom stereocenters. The summed E-state index contributed by atoms with van der Waals surface area (Å²) < 4.78 is 29.5. The largest absolute Gasteiger partial charge is 0.358 e. The van der Waals surface area contributed by atoms with Crippen LogP contribution in [0, 0.1) is 11.8 Å². The number of nitrogens with zero attached hydrogens (tertiary/aromatic N) is 2. The van der Waals surface area contributed by atoms with E-state index in [4.69, 9.17) is 4.28 Å². The third-order valence-corrected chi connectivity index (χ3v) is 5.94. The van der Waals surface area contributed by atoms with Crippen molar-refractivity contribution < 1.29 is 22.3 Å². The molecule has 1 heterocycles. The molecule has 1 aliphatic rings. The predicted molar refractivity (Wildman–Crippen MR) is 104 cm³/mol. The number of imide groups is 1. The first kappa shape index (κ1) is 19.8. The van der Waals surface area contributed by atoms with Gasteiger partial charge in [0.05, 0.1) is 11.4 Å². The van der Waals surface area contributed by atoms with Crippen LogP contribution < -0.4 is 4.90 Å². The Morgan fingerprint density at radius 3 is 2.00 bits per heavy atom. The van der Waals surface area contributed by atoms with Crippen LogP contribution in [-0.4, -0.2) is 25.9 Å². The molecule has 146 valence electrons. The van der Waals surface area contributed by atoms with Gasteiger partial charge in [0.15, 0.2) is 0 Å². The van der Waals surface area contributed by atoms with E-state index in [-0.39, 0.29) is 16.7 Å². The fraction of sp³-hybridized carbons (Fsp3) is 0.250. The van der Waals surface area contributed by atoms with Crippen LogP contribution >= 0.6 is 0 Å². The molecular weight excluding hydrogens is 380 g/mol. The maximum atomic E-state index is 12.4. The molecule has 28 heavy (non-hydrogen) atoms. The Bertz CT molecular complexity index is 1010. The van der Waals surface area contributed by atoms with E-state index in [2.05, 4.69) is 5.16 Å². The molecule has 3 rings (SSSR count). The number of benzene rings is 2. The van der Waals surface area contributed by atoms with Gasteiger partial charge in [-0.3, -0.25) is 18.8 Å². The van der Waals surface area contributed by atoms with Gasteiger partial charge in [0.1, 0.15) is 4.90 Å². The molecule has 2 amide bonds. The van der Waals surface area contributed by atoms with Crippen LogP contribution in [0.25, 0.3) is 0 Å². The maximum Gasteiger partial charge on any atom is 0.358 e. The number of hydrogen-bond acceptors (Lipinski definition) is 6. The van der Waals surface area contributed by atoms with Crippen molar-refractivity contribution in [1.29, 1.82) is 0 Å². The molecule has 7 nitrogen and oxygen atoms in total. The first-order chi connectivity index (χ1) is 13.2. The predicted octanol–water partition coefficient (Wildman–Crippen LogP) is 2.96. The number of oxime groups is 1. The topological polar surface area (TPSA) is 93.1 Å². The van der Waals surface area contributed by atoms with Crippen LogP contribution in [0.5, 0.6) is 0 Å². The minimum atomic E-state index is -4.13. The van der Waals surface area contributed by atoms with Crippen molar-refractivity contribution in [2.24, 2.45) is 17.0 Å². The van der Waals surface area contributed by atoms with Gasteiger partial charge in [0.2, 0.25) is 11.8 Å². The molecule has 2 aromatic rings. The van der Waals surface area contributed by atoms with E-state index < -0.39 is 22.0 Å². The van der Waals surface area contributed by atoms with Gasteiger partial charge in [-0.05, 0) is 36.8 Å². The normalized spacial score (nSPS) is 20.5. The van der Waals surface area contributed by atoms with Crippen molar-refractivity contribution in [3.05, 3.63) is 60.2 Å². The lowest BCUT2D eigenvalue weighted by molar-refractivity contribution is -0.122. The second-order valence-corrected chi connectivity index (χ2v) is 8.18. The van der Waals surface area contributed by atoms with Crippen molar-refractivity contribution in [3.8, 4) is 0 Å². The van der Waals surface area contributed by atoms with Crippen molar-refractivity contribution in [2.75, 3.05) is 4.90 Å². The van der Waals surface area contributed by atoms with E-state index in [0.717, 1.165) is 10.5 Å². The summed E-state index contributed by atoms with van der Waals surface area (Å²) >= 11 is 0. The van der Waals surface area contributed by atoms with Gasteiger partial charge in [-0.2, -0.15) is 8.42 Å². The summed E-state index contributed by atoms with van der Waals surface area (Å²) in [7, 11) is -4.13. The highest BCUT2D eigenvalue weighted by molar-refractivity contribution is 7.86. The fourth-order valence-corrected chi connectivity index (χ4v) is 3.61. The summed E-state index contributed by atoms with van der Waals surface area (Å²) in [6, 6.07) is 14.4. The summed E-state index contributed by atoms with van der Waals surface area (Å²) in [6.45, 7) is 5.04. The van der Waals surface area contributed by atoms with Crippen LogP contribution in [0.3, 0.4) is 0 Å². The summed E-state index contributed by atoms with van der Waals surface area (Å²) in [6.07, 6.45) is 0. The Labute approximate surface area is 163 Å². The molecule has 2 aromatic carbocycles. The molecule has 1 aliphatic heterocycles. The van der Waals surface area contributed by atoms with Crippen LogP contribution in [-0.2, 0) is 24.0 Å². The Hall–Kier alpha value is -3.00.